The number of esters is 1. The normalized spacial score (nSPS) is 10.9. The molecule has 10 nitrogen and oxygen atoms in total. The largest absolute Gasteiger partial charge is 0.462 e. The lowest BCUT2D eigenvalue weighted by Crippen LogP contribution is -2.39. The van der Waals surface area contributed by atoms with Crippen LogP contribution in [-0.2, 0) is 23.1 Å². The van der Waals surface area contributed by atoms with Gasteiger partial charge in [-0.1, -0.05) is 6.07 Å². The molecule has 0 aromatic heterocycles. The third-order valence-corrected chi connectivity index (χ3v) is 7.21. The van der Waals surface area contributed by atoms with Gasteiger partial charge in [0.15, 0.2) is 0 Å². The molecule has 0 unspecified atom stereocenters. The Bertz CT molecular complexity index is 726. The Morgan fingerprint density at radius 2 is 1.56 bits per heavy atom. The number of anilines is 1. The molecule has 2 N–H and O–H groups in total. The van der Waals surface area contributed by atoms with Crippen molar-refractivity contribution in [3.63, 3.8) is 0 Å². The van der Waals surface area contributed by atoms with Crippen LogP contribution in [0.2, 0.25) is 12.6 Å². The molecule has 1 aromatic rings. The summed E-state index contributed by atoms with van der Waals surface area (Å²) < 4.78 is 26.4. The van der Waals surface area contributed by atoms with Gasteiger partial charge in [-0.25, -0.2) is 14.4 Å². The first kappa shape index (κ1) is 27.4. The zero-order chi connectivity index (χ0) is 23.8. The number of carbonyl (C=O) groups excluding carboxylic acids is 3. The number of nitrogens with one attached hydrogen (secondary N) is 2. The van der Waals surface area contributed by atoms with Crippen molar-refractivity contribution in [1.29, 1.82) is 0 Å². The Kier molecular flexibility index (Phi) is 13.0. The lowest BCUT2D eigenvalue weighted by atomic mass is 10.2. The third kappa shape index (κ3) is 11.1. The minimum Gasteiger partial charge on any atom is -0.462 e. The van der Waals surface area contributed by atoms with Gasteiger partial charge in [0.2, 0.25) is 0 Å². The molecule has 0 aliphatic carbocycles. The highest BCUT2D eigenvalue weighted by atomic mass is 28.4. The maximum Gasteiger partial charge on any atom is 0.411 e. The molecule has 0 aliphatic heterocycles. The number of benzene rings is 1. The van der Waals surface area contributed by atoms with Crippen molar-refractivity contribution in [2.24, 2.45) is 0 Å². The van der Waals surface area contributed by atoms with Crippen LogP contribution in [0.15, 0.2) is 24.3 Å². The molecule has 0 heterocycles. The highest BCUT2D eigenvalue weighted by Crippen LogP contribution is 2.15. The van der Waals surface area contributed by atoms with Crippen molar-refractivity contribution in [1.82, 2.24) is 5.32 Å². The van der Waals surface area contributed by atoms with Crippen molar-refractivity contribution >= 4 is 32.4 Å². The van der Waals surface area contributed by atoms with Crippen LogP contribution in [0.1, 0.15) is 37.6 Å². The third-order valence-electron chi connectivity index (χ3n) is 4.15. The molecule has 0 spiro atoms. The first-order valence-electron chi connectivity index (χ1n) is 10.7. The SMILES string of the molecule is CCOC(=O)c1cccc(NC(=O)OCCOC(=O)NCCC[Si](C)(OCC)OCC)c1. The van der Waals surface area contributed by atoms with E-state index in [0.29, 0.717) is 37.4 Å². The molecule has 1 rings (SSSR count). The Hall–Kier alpha value is -2.63. The Morgan fingerprint density at radius 1 is 0.906 bits per heavy atom. The highest BCUT2D eigenvalue weighted by Gasteiger charge is 2.29. The number of hydrogen-bond acceptors (Lipinski definition) is 8. The number of rotatable bonds is 14. The molecule has 0 bridgehead atoms. The predicted octanol–water partition coefficient (Wildman–Crippen LogP) is 3.67. The van der Waals surface area contributed by atoms with E-state index >= 15 is 0 Å². The first-order chi connectivity index (χ1) is 15.3. The van der Waals surface area contributed by atoms with Gasteiger partial charge in [-0.05, 0) is 58.0 Å². The molecule has 0 aliphatic rings. The summed E-state index contributed by atoms with van der Waals surface area (Å²) in [5.74, 6) is -0.480. The van der Waals surface area contributed by atoms with E-state index in [1.807, 2.05) is 20.4 Å². The molecular formula is C21H34N2O8Si. The summed E-state index contributed by atoms with van der Waals surface area (Å²) in [4.78, 5) is 35.3. The Labute approximate surface area is 190 Å². The fraction of sp³-hybridized carbons (Fsp3) is 0.571. The summed E-state index contributed by atoms with van der Waals surface area (Å²) in [7, 11) is -2.19. The van der Waals surface area contributed by atoms with E-state index in [9.17, 15) is 14.4 Å². The molecule has 0 saturated heterocycles. The van der Waals surface area contributed by atoms with Crippen LogP contribution in [0.4, 0.5) is 15.3 Å². The summed E-state index contributed by atoms with van der Waals surface area (Å²) in [6.45, 7) is 9.27. The molecule has 0 radical (unpaired) electrons. The molecule has 1 aromatic carbocycles. The van der Waals surface area contributed by atoms with Crippen LogP contribution >= 0.6 is 0 Å². The average molecular weight is 471 g/mol. The molecule has 0 saturated carbocycles. The van der Waals surface area contributed by atoms with Crippen LogP contribution in [-0.4, -0.2) is 66.3 Å². The summed E-state index contributed by atoms with van der Waals surface area (Å²) >= 11 is 0. The highest BCUT2D eigenvalue weighted by molar-refractivity contribution is 6.66. The molecule has 0 atom stereocenters. The van der Waals surface area contributed by atoms with E-state index in [4.69, 9.17) is 23.1 Å². The van der Waals surface area contributed by atoms with Gasteiger partial charge in [-0.15, -0.1) is 0 Å². The number of alkyl carbamates (subject to hydrolysis) is 1. The van der Waals surface area contributed by atoms with Gasteiger partial charge in [-0.2, -0.15) is 0 Å². The lowest BCUT2D eigenvalue weighted by Gasteiger charge is -2.25. The quantitative estimate of drug-likeness (QED) is 0.183. The summed E-state index contributed by atoms with van der Waals surface area (Å²) in [5.41, 5.74) is 0.698. The van der Waals surface area contributed by atoms with Crippen LogP contribution in [0, 0.1) is 0 Å². The van der Waals surface area contributed by atoms with Gasteiger partial charge < -0.3 is 28.4 Å². The van der Waals surface area contributed by atoms with Gasteiger partial charge in [0.05, 0.1) is 12.2 Å². The van der Waals surface area contributed by atoms with Gasteiger partial charge >= 0.3 is 26.7 Å². The first-order valence-corrected chi connectivity index (χ1v) is 13.2. The van der Waals surface area contributed by atoms with Crippen LogP contribution in [0.5, 0.6) is 0 Å². The van der Waals surface area contributed by atoms with E-state index in [-0.39, 0.29) is 19.8 Å². The van der Waals surface area contributed by atoms with Gasteiger partial charge in [0, 0.05) is 25.4 Å². The molecular weight excluding hydrogens is 436 g/mol. The summed E-state index contributed by atoms with van der Waals surface area (Å²) in [5, 5.41) is 5.14. The smallest absolute Gasteiger partial charge is 0.411 e. The second-order valence-electron chi connectivity index (χ2n) is 6.73. The van der Waals surface area contributed by atoms with Crippen molar-refractivity contribution in [3.8, 4) is 0 Å². The van der Waals surface area contributed by atoms with E-state index in [1.165, 1.54) is 6.07 Å². The number of hydrogen-bond donors (Lipinski definition) is 2. The minimum atomic E-state index is -2.19. The Balaban J connectivity index is 2.23. The number of carbonyl (C=O) groups is 3. The summed E-state index contributed by atoms with van der Waals surface area (Å²) in [6, 6.07) is 7.04. The predicted molar refractivity (Wildman–Crippen MR) is 121 cm³/mol. The topological polar surface area (TPSA) is 121 Å². The maximum atomic E-state index is 11.8. The van der Waals surface area contributed by atoms with Gasteiger partial charge in [-0.3, -0.25) is 5.32 Å². The van der Waals surface area contributed by atoms with Crippen molar-refractivity contribution in [2.45, 2.75) is 39.8 Å². The molecule has 0 fully saturated rings. The molecule has 32 heavy (non-hydrogen) atoms. The molecule has 2 amide bonds. The summed E-state index contributed by atoms with van der Waals surface area (Å²) in [6.07, 6.45) is -0.611. The van der Waals surface area contributed by atoms with E-state index < -0.39 is 26.7 Å². The van der Waals surface area contributed by atoms with E-state index in [0.717, 1.165) is 6.04 Å². The zero-order valence-electron chi connectivity index (χ0n) is 19.2. The number of ether oxygens (including phenoxy) is 3. The lowest BCUT2D eigenvalue weighted by molar-refractivity contribution is 0.0526. The fourth-order valence-corrected chi connectivity index (χ4v) is 5.22. The van der Waals surface area contributed by atoms with Gasteiger partial charge in [0.25, 0.3) is 0 Å². The molecule has 180 valence electrons. The van der Waals surface area contributed by atoms with Gasteiger partial charge in [0.1, 0.15) is 13.2 Å². The van der Waals surface area contributed by atoms with Crippen LogP contribution in [0.25, 0.3) is 0 Å². The fourth-order valence-electron chi connectivity index (χ4n) is 2.81. The number of amides is 2. The maximum absolute atomic E-state index is 11.8. The second-order valence-corrected chi connectivity index (χ2v) is 10.1. The second kappa shape index (κ2) is 15.2. The van der Waals surface area contributed by atoms with Crippen molar-refractivity contribution < 1.29 is 37.4 Å². The van der Waals surface area contributed by atoms with Crippen molar-refractivity contribution in [3.05, 3.63) is 29.8 Å². The van der Waals surface area contributed by atoms with Crippen LogP contribution in [0.3, 0.4) is 0 Å². The average Bonchev–Trinajstić information content (AvgIpc) is 2.75. The zero-order valence-corrected chi connectivity index (χ0v) is 20.2. The van der Waals surface area contributed by atoms with E-state index in [1.54, 1.807) is 25.1 Å². The Morgan fingerprint density at radius 3 is 2.19 bits per heavy atom. The standard InChI is InChI=1S/C21H34N2O8Si/c1-5-27-19(24)17-10-8-11-18(16-17)23-21(26)29-14-13-28-20(25)22-12-9-15-32(4,30-6-2)31-7-3/h8,10-11,16H,5-7,9,12-15H2,1-4H3,(H,22,25)(H,23,26). The monoisotopic (exact) mass is 470 g/mol. The minimum absolute atomic E-state index is 0.0908. The van der Waals surface area contributed by atoms with E-state index in [2.05, 4.69) is 10.6 Å². The molecule has 11 heteroatoms. The van der Waals surface area contributed by atoms with Crippen LogP contribution < -0.4 is 10.6 Å². The van der Waals surface area contributed by atoms with Crippen molar-refractivity contribution in [2.75, 3.05) is 44.9 Å².